The third kappa shape index (κ3) is 7.08. The third-order valence-corrected chi connectivity index (χ3v) is 5.60. The Morgan fingerprint density at radius 1 is 1.09 bits per heavy atom. The number of hydrogen-bond acceptors (Lipinski definition) is 3. The minimum absolute atomic E-state index is 0.177. The number of aryl methyl sites for hydroxylation is 2. The van der Waals surface area contributed by atoms with E-state index in [0.29, 0.717) is 18.7 Å². The predicted molar refractivity (Wildman–Crippen MR) is 125 cm³/mol. The molecule has 0 unspecified atom stereocenters. The Morgan fingerprint density at radius 3 is 2.41 bits per heavy atom. The van der Waals surface area contributed by atoms with Crippen molar-refractivity contribution >= 4 is 11.8 Å². The quantitative estimate of drug-likeness (QED) is 0.506. The summed E-state index contributed by atoms with van der Waals surface area (Å²) in [6, 6.07) is 9.32. The molecule has 2 rings (SSSR count). The van der Waals surface area contributed by atoms with Crippen molar-refractivity contribution in [3.63, 3.8) is 0 Å². The Morgan fingerprint density at radius 2 is 1.78 bits per heavy atom. The molecule has 6 heteroatoms. The van der Waals surface area contributed by atoms with Gasteiger partial charge in [0.15, 0.2) is 6.61 Å². The number of rotatable bonds is 11. The smallest absolute Gasteiger partial charge is 0.261 e. The standard InChI is InChI=1S/C26H35FN2O3/c1-6-8-13-28-26(31)23(7-2)29(16-21-9-11-22(27)12-10-21)25(30)17-32-24-15-18(3)14-19(4)20(24)5/h9-12,14-15,23H,6-8,13,16-17H2,1-5H3,(H,28,31)/t23-/m1/s1. The van der Waals surface area contributed by atoms with Gasteiger partial charge in [-0.05, 0) is 74.1 Å². The lowest BCUT2D eigenvalue weighted by Gasteiger charge is -2.30. The van der Waals surface area contributed by atoms with Gasteiger partial charge >= 0.3 is 0 Å². The number of halogens is 1. The first-order valence-electron chi connectivity index (χ1n) is 11.3. The molecule has 0 radical (unpaired) electrons. The summed E-state index contributed by atoms with van der Waals surface area (Å²) in [5.41, 5.74) is 3.89. The normalized spacial score (nSPS) is 11.7. The van der Waals surface area contributed by atoms with Crippen LogP contribution in [0.25, 0.3) is 0 Å². The summed E-state index contributed by atoms with van der Waals surface area (Å²) >= 11 is 0. The van der Waals surface area contributed by atoms with Crippen LogP contribution in [-0.4, -0.2) is 35.9 Å². The van der Waals surface area contributed by atoms with Gasteiger partial charge in [-0.25, -0.2) is 4.39 Å². The average molecular weight is 443 g/mol. The van der Waals surface area contributed by atoms with Gasteiger partial charge in [-0.2, -0.15) is 0 Å². The minimum atomic E-state index is -0.631. The number of amides is 2. The highest BCUT2D eigenvalue weighted by Crippen LogP contribution is 2.23. The second-order valence-corrected chi connectivity index (χ2v) is 8.21. The molecule has 0 heterocycles. The van der Waals surface area contributed by atoms with E-state index in [9.17, 15) is 14.0 Å². The monoisotopic (exact) mass is 442 g/mol. The van der Waals surface area contributed by atoms with Crippen molar-refractivity contribution < 1.29 is 18.7 Å². The summed E-state index contributed by atoms with van der Waals surface area (Å²) in [6.45, 7) is 10.5. The highest BCUT2D eigenvalue weighted by molar-refractivity contribution is 5.88. The average Bonchev–Trinajstić information content (AvgIpc) is 2.76. The molecule has 0 spiro atoms. The number of ether oxygens (including phenoxy) is 1. The number of unbranched alkanes of at least 4 members (excludes halogenated alkanes) is 1. The highest BCUT2D eigenvalue weighted by atomic mass is 19.1. The van der Waals surface area contributed by atoms with Gasteiger partial charge in [0.1, 0.15) is 17.6 Å². The molecule has 2 amide bonds. The molecule has 32 heavy (non-hydrogen) atoms. The zero-order valence-electron chi connectivity index (χ0n) is 19.8. The fraction of sp³-hybridized carbons (Fsp3) is 0.462. The summed E-state index contributed by atoms with van der Waals surface area (Å²) in [4.78, 5) is 27.6. The fourth-order valence-corrected chi connectivity index (χ4v) is 3.59. The zero-order chi connectivity index (χ0) is 23.7. The lowest BCUT2D eigenvalue weighted by molar-refractivity contribution is -0.143. The van der Waals surface area contributed by atoms with E-state index in [-0.39, 0.29) is 30.8 Å². The molecule has 1 N–H and O–H groups in total. The Bertz CT molecular complexity index is 912. The Kier molecular flexibility index (Phi) is 9.69. The molecule has 2 aromatic rings. The van der Waals surface area contributed by atoms with Crippen molar-refractivity contribution in [3.8, 4) is 5.75 Å². The third-order valence-electron chi connectivity index (χ3n) is 5.60. The SMILES string of the molecule is CCCCNC(=O)[C@@H](CC)N(Cc1ccc(F)cc1)C(=O)COc1cc(C)cc(C)c1C. The van der Waals surface area contributed by atoms with E-state index in [1.54, 1.807) is 12.1 Å². The molecule has 0 fully saturated rings. The number of benzene rings is 2. The maximum Gasteiger partial charge on any atom is 0.261 e. The molecule has 0 aliphatic rings. The summed E-state index contributed by atoms with van der Waals surface area (Å²) in [5, 5.41) is 2.93. The van der Waals surface area contributed by atoms with Gasteiger partial charge in [0.05, 0.1) is 0 Å². The molecule has 0 aliphatic heterocycles. The van der Waals surface area contributed by atoms with E-state index in [0.717, 1.165) is 35.1 Å². The molecule has 1 atom stereocenters. The Balaban J connectivity index is 2.22. The summed E-state index contributed by atoms with van der Waals surface area (Å²) in [6.07, 6.45) is 2.31. The predicted octanol–water partition coefficient (Wildman–Crippen LogP) is 4.85. The van der Waals surface area contributed by atoms with Crippen molar-refractivity contribution in [2.24, 2.45) is 0 Å². The first-order chi connectivity index (χ1) is 15.3. The van der Waals surface area contributed by atoms with Gasteiger partial charge in [0, 0.05) is 13.1 Å². The highest BCUT2D eigenvalue weighted by Gasteiger charge is 2.29. The van der Waals surface area contributed by atoms with Gasteiger partial charge in [-0.1, -0.05) is 38.5 Å². The second-order valence-electron chi connectivity index (χ2n) is 8.21. The van der Waals surface area contributed by atoms with Crippen molar-refractivity contribution in [1.82, 2.24) is 10.2 Å². The van der Waals surface area contributed by atoms with Gasteiger partial charge in [-0.15, -0.1) is 0 Å². The maximum absolute atomic E-state index is 13.4. The number of carbonyl (C=O) groups is 2. The van der Waals surface area contributed by atoms with Crippen LogP contribution >= 0.6 is 0 Å². The first-order valence-corrected chi connectivity index (χ1v) is 11.3. The van der Waals surface area contributed by atoms with Crippen LogP contribution in [0.2, 0.25) is 0 Å². The van der Waals surface area contributed by atoms with E-state index < -0.39 is 6.04 Å². The van der Waals surface area contributed by atoms with Crippen LogP contribution in [0.4, 0.5) is 4.39 Å². The summed E-state index contributed by atoms with van der Waals surface area (Å²) in [7, 11) is 0. The lowest BCUT2D eigenvalue weighted by Crippen LogP contribution is -2.50. The van der Waals surface area contributed by atoms with E-state index in [2.05, 4.69) is 18.3 Å². The van der Waals surface area contributed by atoms with Crippen LogP contribution in [0.15, 0.2) is 36.4 Å². The number of nitrogens with zero attached hydrogens (tertiary/aromatic N) is 1. The van der Waals surface area contributed by atoms with E-state index >= 15 is 0 Å². The molecular formula is C26H35FN2O3. The van der Waals surface area contributed by atoms with Gasteiger partial charge < -0.3 is 15.0 Å². The van der Waals surface area contributed by atoms with Crippen LogP contribution in [0, 0.1) is 26.6 Å². The largest absolute Gasteiger partial charge is 0.483 e. The second kappa shape index (κ2) is 12.2. The van der Waals surface area contributed by atoms with Crippen LogP contribution in [0.1, 0.15) is 55.4 Å². The van der Waals surface area contributed by atoms with Crippen LogP contribution in [-0.2, 0) is 16.1 Å². The molecule has 0 bridgehead atoms. The summed E-state index contributed by atoms with van der Waals surface area (Å²) in [5.74, 6) is -0.146. The van der Waals surface area contributed by atoms with Crippen molar-refractivity contribution in [2.75, 3.05) is 13.2 Å². The van der Waals surface area contributed by atoms with Crippen LogP contribution in [0.3, 0.4) is 0 Å². The number of hydrogen-bond donors (Lipinski definition) is 1. The van der Waals surface area contributed by atoms with Crippen molar-refractivity contribution in [3.05, 3.63) is 64.5 Å². The van der Waals surface area contributed by atoms with E-state index in [1.807, 2.05) is 33.8 Å². The van der Waals surface area contributed by atoms with Gasteiger partial charge in [-0.3, -0.25) is 9.59 Å². The molecule has 0 aromatic heterocycles. The molecule has 0 saturated carbocycles. The molecule has 174 valence electrons. The van der Waals surface area contributed by atoms with E-state index in [1.165, 1.54) is 17.0 Å². The van der Waals surface area contributed by atoms with Crippen LogP contribution < -0.4 is 10.1 Å². The lowest BCUT2D eigenvalue weighted by atomic mass is 10.1. The van der Waals surface area contributed by atoms with Crippen LogP contribution in [0.5, 0.6) is 5.75 Å². The fourth-order valence-electron chi connectivity index (χ4n) is 3.59. The Labute approximate surface area is 191 Å². The molecular weight excluding hydrogens is 407 g/mol. The number of carbonyl (C=O) groups excluding carboxylic acids is 2. The maximum atomic E-state index is 13.4. The van der Waals surface area contributed by atoms with Crippen molar-refractivity contribution in [2.45, 2.75) is 66.5 Å². The first kappa shape index (κ1) is 25.4. The minimum Gasteiger partial charge on any atom is -0.483 e. The van der Waals surface area contributed by atoms with Gasteiger partial charge in [0.25, 0.3) is 5.91 Å². The summed E-state index contributed by atoms with van der Waals surface area (Å²) < 4.78 is 19.2. The molecule has 5 nitrogen and oxygen atoms in total. The zero-order valence-corrected chi connectivity index (χ0v) is 19.8. The topological polar surface area (TPSA) is 58.6 Å². The van der Waals surface area contributed by atoms with E-state index in [4.69, 9.17) is 4.74 Å². The molecule has 0 aliphatic carbocycles. The number of nitrogens with one attached hydrogen (secondary N) is 1. The Hall–Kier alpha value is -2.89. The molecule has 0 saturated heterocycles. The van der Waals surface area contributed by atoms with Gasteiger partial charge in [0.2, 0.25) is 5.91 Å². The van der Waals surface area contributed by atoms with Crippen molar-refractivity contribution in [1.29, 1.82) is 0 Å². The molecule has 2 aromatic carbocycles.